The summed E-state index contributed by atoms with van der Waals surface area (Å²) in [7, 11) is 0. The van der Waals surface area contributed by atoms with Crippen LogP contribution in [-0.2, 0) is 6.42 Å². The SMILES string of the molecule is CCc1ccccc1-c1cc(F)cc(C(=O)O)c1. The van der Waals surface area contributed by atoms with Crippen LogP contribution in [0.3, 0.4) is 0 Å². The van der Waals surface area contributed by atoms with E-state index in [9.17, 15) is 9.18 Å². The minimum Gasteiger partial charge on any atom is -0.478 e. The summed E-state index contributed by atoms with van der Waals surface area (Å²) in [5.74, 6) is -1.65. The van der Waals surface area contributed by atoms with E-state index in [4.69, 9.17) is 5.11 Å². The molecule has 0 aliphatic carbocycles. The van der Waals surface area contributed by atoms with Gasteiger partial charge in [-0.05, 0) is 41.3 Å². The zero-order valence-corrected chi connectivity index (χ0v) is 9.98. The van der Waals surface area contributed by atoms with E-state index in [0.717, 1.165) is 23.6 Å². The number of benzene rings is 2. The van der Waals surface area contributed by atoms with Gasteiger partial charge < -0.3 is 5.11 Å². The van der Waals surface area contributed by atoms with E-state index >= 15 is 0 Å². The third kappa shape index (κ3) is 2.40. The molecule has 18 heavy (non-hydrogen) atoms. The lowest BCUT2D eigenvalue weighted by molar-refractivity contribution is 0.0696. The molecule has 0 aliphatic rings. The molecule has 0 heterocycles. The monoisotopic (exact) mass is 244 g/mol. The van der Waals surface area contributed by atoms with Crippen molar-refractivity contribution in [1.29, 1.82) is 0 Å². The van der Waals surface area contributed by atoms with Crippen molar-refractivity contribution in [2.75, 3.05) is 0 Å². The van der Waals surface area contributed by atoms with Gasteiger partial charge >= 0.3 is 5.97 Å². The first-order valence-corrected chi connectivity index (χ1v) is 5.74. The lowest BCUT2D eigenvalue weighted by Crippen LogP contribution is -1.98. The first-order chi connectivity index (χ1) is 8.61. The van der Waals surface area contributed by atoms with Gasteiger partial charge in [0.05, 0.1) is 5.56 Å². The Hall–Kier alpha value is -2.16. The number of hydrogen-bond acceptors (Lipinski definition) is 1. The van der Waals surface area contributed by atoms with Crippen molar-refractivity contribution in [3.63, 3.8) is 0 Å². The maximum Gasteiger partial charge on any atom is 0.335 e. The Morgan fingerprint density at radius 2 is 1.94 bits per heavy atom. The zero-order chi connectivity index (χ0) is 13.1. The van der Waals surface area contributed by atoms with E-state index in [1.807, 2.05) is 31.2 Å². The molecule has 3 heteroatoms. The molecule has 0 atom stereocenters. The molecule has 1 N–H and O–H groups in total. The first kappa shape index (κ1) is 12.3. The van der Waals surface area contributed by atoms with E-state index in [0.29, 0.717) is 5.56 Å². The highest BCUT2D eigenvalue weighted by Crippen LogP contribution is 2.26. The van der Waals surface area contributed by atoms with Gasteiger partial charge in [0.2, 0.25) is 0 Å². The van der Waals surface area contributed by atoms with Crippen molar-refractivity contribution in [3.05, 3.63) is 59.4 Å². The maximum atomic E-state index is 13.4. The molecule has 2 aromatic carbocycles. The third-order valence-corrected chi connectivity index (χ3v) is 2.85. The van der Waals surface area contributed by atoms with Crippen LogP contribution in [0.5, 0.6) is 0 Å². The molecular weight excluding hydrogens is 231 g/mol. The fourth-order valence-corrected chi connectivity index (χ4v) is 1.98. The number of hydrogen-bond donors (Lipinski definition) is 1. The van der Waals surface area contributed by atoms with Crippen LogP contribution in [0.25, 0.3) is 11.1 Å². The van der Waals surface area contributed by atoms with Crippen molar-refractivity contribution in [1.82, 2.24) is 0 Å². The van der Waals surface area contributed by atoms with E-state index in [1.165, 1.54) is 12.1 Å². The summed E-state index contributed by atoms with van der Waals surface area (Å²) >= 11 is 0. The number of carboxylic acid groups (broad SMARTS) is 1. The summed E-state index contributed by atoms with van der Waals surface area (Å²) in [5.41, 5.74) is 2.52. The smallest absolute Gasteiger partial charge is 0.335 e. The van der Waals surface area contributed by atoms with Crippen molar-refractivity contribution in [2.45, 2.75) is 13.3 Å². The van der Waals surface area contributed by atoms with Gasteiger partial charge in [-0.2, -0.15) is 0 Å². The van der Waals surface area contributed by atoms with Crippen molar-refractivity contribution in [3.8, 4) is 11.1 Å². The molecule has 0 aromatic heterocycles. The molecule has 0 aliphatic heterocycles. The minimum atomic E-state index is -1.12. The zero-order valence-electron chi connectivity index (χ0n) is 9.98. The summed E-state index contributed by atoms with van der Waals surface area (Å²) in [5, 5.41) is 8.94. The van der Waals surface area contributed by atoms with E-state index in [1.54, 1.807) is 0 Å². The number of aromatic carboxylic acids is 1. The molecule has 2 aromatic rings. The summed E-state index contributed by atoms with van der Waals surface area (Å²) in [6.45, 7) is 2.01. The first-order valence-electron chi connectivity index (χ1n) is 5.74. The Kier molecular flexibility index (Phi) is 3.42. The minimum absolute atomic E-state index is 0.0316. The Bertz CT molecular complexity index is 591. The van der Waals surface area contributed by atoms with Gasteiger partial charge in [0.15, 0.2) is 0 Å². The van der Waals surface area contributed by atoms with E-state index in [2.05, 4.69) is 0 Å². The molecule has 0 saturated heterocycles. The van der Waals surface area contributed by atoms with E-state index in [-0.39, 0.29) is 5.56 Å². The molecule has 0 spiro atoms. The lowest BCUT2D eigenvalue weighted by atomic mass is 9.96. The standard InChI is InChI=1S/C15H13FO2/c1-2-10-5-3-4-6-14(10)11-7-12(15(17)18)9-13(16)8-11/h3-9H,2H2,1H3,(H,17,18). The van der Waals surface area contributed by atoms with Crippen LogP contribution in [0.2, 0.25) is 0 Å². The van der Waals surface area contributed by atoms with Gasteiger partial charge in [0.25, 0.3) is 0 Å². The van der Waals surface area contributed by atoms with Crippen LogP contribution in [0.4, 0.5) is 4.39 Å². The number of carboxylic acids is 1. The number of rotatable bonds is 3. The Morgan fingerprint density at radius 1 is 1.22 bits per heavy atom. The van der Waals surface area contributed by atoms with Gasteiger partial charge in [-0.15, -0.1) is 0 Å². The molecule has 0 unspecified atom stereocenters. The largest absolute Gasteiger partial charge is 0.478 e. The molecule has 2 rings (SSSR count). The predicted molar refractivity (Wildman–Crippen MR) is 68.2 cm³/mol. The fraction of sp³-hybridized carbons (Fsp3) is 0.133. The van der Waals surface area contributed by atoms with Crippen LogP contribution >= 0.6 is 0 Å². The van der Waals surface area contributed by atoms with Gasteiger partial charge in [0, 0.05) is 0 Å². The molecule has 92 valence electrons. The third-order valence-electron chi connectivity index (χ3n) is 2.85. The van der Waals surface area contributed by atoms with Crippen LogP contribution in [0, 0.1) is 5.82 Å². The second-order valence-electron chi connectivity index (χ2n) is 4.04. The van der Waals surface area contributed by atoms with Crippen LogP contribution in [0.1, 0.15) is 22.8 Å². The number of carbonyl (C=O) groups is 1. The topological polar surface area (TPSA) is 37.3 Å². The second-order valence-corrected chi connectivity index (χ2v) is 4.04. The maximum absolute atomic E-state index is 13.4. The van der Waals surface area contributed by atoms with Gasteiger partial charge in [0.1, 0.15) is 5.82 Å². The summed E-state index contributed by atoms with van der Waals surface area (Å²) in [6.07, 6.45) is 0.815. The van der Waals surface area contributed by atoms with E-state index < -0.39 is 11.8 Å². The van der Waals surface area contributed by atoms with Crippen molar-refractivity contribution in [2.24, 2.45) is 0 Å². The highest BCUT2D eigenvalue weighted by molar-refractivity contribution is 5.89. The quantitative estimate of drug-likeness (QED) is 0.892. The Balaban J connectivity index is 2.60. The lowest BCUT2D eigenvalue weighted by Gasteiger charge is -2.09. The van der Waals surface area contributed by atoms with Crippen molar-refractivity contribution >= 4 is 5.97 Å². The molecule has 0 radical (unpaired) electrons. The molecule has 2 nitrogen and oxygen atoms in total. The van der Waals surface area contributed by atoms with Crippen LogP contribution < -0.4 is 0 Å². The van der Waals surface area contributed by atoms with Gasteiger partial charge in [-0.1, -0.05) is 31.2 Å². The average molecular weight is 244 g/mol. The summed E-state index contributed by atoms with van der Waals surface area (Å²) in [6, 6.07) is 11.5. The molecular formula is C15H13FO2. The van der Waals surface area contributed by atoms with Gasteiger partial charge in [-0.25, -0.2) is 9.18 Å². The number of halogens is 1. The normalized spacial score (nSPS) is 10.3. The highest BCUT2D eigenvalue weighted by atomic mass is 19.1. The summed E-state index contributed by atoms with van der Waals surface area (Å²) < 4.78 is 13.4. The van der Waals surface area contributed by atoms with Gasteiger partial charge in [-0.3, -0.25) is 0 Å². The Labute approximate surface area is 105 Å². The molecule has 0 saturated carbocycles. The Morgan fingerprint density at radius 3 is 2.61 bits per heavy atom. The number of aryl methyl sites for hydroxylation is 1. The predicted octanol–water partition coefficient (Wildman–Crippen LogP) is 3.75. The summed E-state index contributed by atoms with van der Waals surface area (Å²) in [4.78, 5) is 10.9. The molecule has 0 amide bonds. The van der Waals surface area contributed by atoms with Crippen molar-refractivity contribution < 1.29 is 14.3 Å². The highest BCUT2D eigenvalue weighted by Gasteiger charge is 2.10. The van der Waals surface area contributed by atoms with Crippen LogP contribution in [-0.4, -0.2) is 11.1 Å². The average Bonchev–Trinajstić information content (AvgIpc) is 2.38. The second kappa shape index (κ2) is 5.00. The molecule has 0 fully saturated rings. The fourth-order valence-electron chi connectivity index (χ4n) is 1.98. The van der Waals surface area contributed by atoms with Crippen LogP contribution in [0.15, 0.2) is 42.5 Å². The molecule has 0 bridgehead atoms.